The molecule has 0 aromatic heterocycles. The van der Waals surface area contributed by atoms with Gasteiger partial charge in [0, 0.05) is 11.1 Å². The minimum absolute atomic E-state index is 0.169. The summed E-state index contributed by atoms with van der Waals surface area (Å²) in [5, 5.41) is 1.45. The van der Waals surface area contributed by atoms with Gasteiger partial charge in [0.05, 0.1) is 10.0 Å². The second-order valence-electron chi connectivity index (χ2n) is 3.33. The first-order valence-electron chi connectivity index (χ1n) is 4.66. The molecule has 1 rings (SSSR count). The van der Waals surface area contributed by atoms with E-state index < -0.39 is 0 Å². The van der Waals surface area contributed by atoms with Gasteiger partial charge in [-0.15, -0.1) is 0 Å². The van der Waals surface area contributed by atoms with Crippen LogP contribution in [0.25, 0.3) is 0 Å². The lowest BCUT2D eigenvalue weighted by atomic mass is 10.0. The van der Waals surface area contributed by atoms with Gasteiger partial charge in [-0.3, -0.25) is 0 Å². The van der Waals surface area contributed by atoms with Crippen LogP contribution in [0.4, 0.5) is 0 Å². The smallest absolute Gasteiger partial charge is 0.0641 e. The maximum atomic E-state index is 6.04. The summed E-state index contributed by atoms with van der Waals surface area (Å²) in [5.74, 6) is 0. The summed E-state index contributed by atoms with van der Waals surface area (Å²) < 4.78 is 0. The molecule has 0 saturated carbocycles. The Morgan fingerprint density at radius 2 is 1.87 bits per heavy atom. The molecule has 15 heavy (non-hydrogen) atoms. The van der Waals surface area contributed by atoms with Crippen molar-refractivity contribution in [3.63, 3.8) is 0 Å². The molecule has 84 valence electrons. The lowest BCUT2D eigenvalue weighted by Gasteiger charge is -2.14. The molecule has 4 N–H and O–H groups in total. The van der Waals surface area contributed by atoms with E-state index in [1.807, 2.05) is 0 Å². The third-order valence-corrected chi connectivity index (χ3v) is 3.17. The van der Waals surface area contributed by atoms with E-state index in [9.17, 15) is 0 Å². The number of benzene rings is 1. The highest BCUT2D eigenvalue weighted by atomic mass is 35.5. The molecule has 1 atom stereocenters. The van der Waals surface area contributed by atoms with Crippen LogP contribution in [0.5, 0.6) is 0 Å². The predicted octanol–water partition coefficient (Wildman–Crippen LogP) is 3.39. The monoisotopic (exact) mass is 266 g/mol. The number of nitrogens with two attached hydrogens (primary N) is 2. The first-order valence-corrected chi connectivity index (χ1v) is 5.79. The number of hydrogen-bond donors (Lipinski definition) is 2. The molecule has 0 radical (unpaired) electrons. The average molecular weight is 268 g/mol. The van der Waals surface area contributed by atoms with Gasteiger partial charge in [0.1, 0.15) is 0 Å². The van der Waals surface area contributed by atoms with Crippen LogP contribution in [0.2, 0.25) is 15.1 Å². The predicted molar refractivity (Wildman–Crippen MR) is 66.7 cm³/mol. The van der Waals surface area contributed by atoms with E-state index in [1.54, 1.807) is 12.1 Å². The first-order chi connectivity index (χ1) is 7.06. The van der Waals surface area contributed by atoms with E-state index in [2.05, 4.69) is 0 Å². The lowest BCUT2D eigenvalue weighted by molar-refractivity contribution is 0.618. The lowest BCUT2D eigenvalue weighted by Crippen LogP contribution is -2.13. The van der Waals surface area contributed by atoms with E-state index >= 15 is 0 Å². The Labute approximate surface area is 104 Å². The number of rotatable bonds is 4. The molecule has 1 aromatic rings. The Morgan fingerprint density at radius 3 is 2.47 bits per heavy atom. The van der Waals surface area contributed by atoms with E-state index in [1.165, 1.54) is 0 Å². The summed E-state index contributed by atoms with van der Waals surface area (Å²) >= 11 is 17.8. The molecule has 5 heteroatoms. The Balaban J connectivity index is 2.92. The largest absolute Gasteiger partial charge is 0.330 e. The molecule has 0 spiro atoms. The van der Waals surface area contributed by atoms with Gasteiger partial charge >= 0.3 is 0 Å². The van der Waals surface area contributed by atoms with Gasteiger partial charge in [-0.2, -0.15) is 0 Å². The molecule has 0 amide bonds. The standard InChI is InChI=1S/C10H13Cl3N2/c11-6-4-7(9(15)2-1-3-14)10(13)8(12)5-6/h4-5,9H,1-3,14-15H2/t9-/m0/s1. The summed E-state index contributed by atoms with van der Waals surface area (Å²) in [4.78, 5) is 0. The van der Waals surface area contributed by atoms with Crippen LogP contribution in [0.1, 0.15) is 24.4 Å². The van der Waals surface area contributed by atoms with Gasteiger partial charge in [-0.25, -0.2) is 0 Å². The van der Waals surface area contributed by atoms with Crippen molar-refractivity contribution in [2.24, 2.45) is 11.5 Å². The second-order valence-corrected chi connectivity index (χ2v) is 4.55. The van der Waals surface area contributed by atoms with Crippen LogP contribution in [0.15, 0.2) is 12.1 Å². The van der Waals surface area contributed by atoms with Crippen molar-refractivity contribution in [1.29, 1.82) is 0 Å². The van der Waals surface area contributed by atoms with Gasteiger partial charge < -0.3 is 11.5 Å². The maximum absolute atomic E-state index is 6.04. The summed E-state index contributed by atoms with van der Waals surface area (Å²) in [6.07, 6.45) is 1.62. The van der Waals surface area contributed by atoms with Crippen molar-refractivity contribution in [2.75, 3.05) is 6.54 Å². The molecule has 0 saturated heterocycles. The zero-order chi connectivity index (χ0) is 11.4. The molecule has 0 bridgehead atoms. The van der Waals surface area contributed by atoms with Crippen LogP contribution in [0, 0.1) is 0 Å². The summed E-state index contributed by atoms with van der Waals surface area (Å²) in [6, 6.07) is 3.18. The first kappa shape index (κ1) is 13.1. The quantitative estimate of drug-likeness (QED) is 0.822. The molecule has 0 aliphatic heterocycles. The Morgan fingerprint density at radius 1 is 1.20 bits per heavy atom. The zero-order valence-electron chi connectivity index (χ0n) is 8.14. The Hall–Kier alpha value is 0.01000. The Bertz CT molecular complexity index is 342. The molecule has 0 unspecified atom stereocenters. The Kier molecular flexibility index (Phi) is 5.16. The molecule has 2 nitrogen and oxygen atoms in total. The van der Waals surface area contributed by atoms with Crippen LogP contribution in [0.3, 0.4) is 0 Å². The normalized spacial score (nSPS) is 12.9. The van der Waals surface area contributed by atoms with E-state index in [-0.39, 0.29) is 6.04 Å². The molecule has 1 aromatic carbocycles. The van der Waals surface area contributed by atoms with Crippen LogP contribution in [-0.2, 0) is 0 Å². The highest BCUT2D eigenvalue weighted by Crippen LogP contribution is 2.33. The minimum atomic E-state index is -0.169. The molecule has 0 heterocycles. The maximum Gasteiger partial charge on any atom is 0.0641 e. The van der Waals surface area contributed by atoms with Crippen molar-refractivity contribution >= 4 is 34.8 Å². The average Bonchev–Trinajstić information content (AvgIpc) is 2.19. The summed E-state index contributed by atoms with van der Waals surface area (Å²) in [6.45, 7) is 0.611. The third-order valence-electron chi connectivity index (χ3n) is 2.14. The second kappa shape index (κ2) is 5.92. The van der Waals surface area contributed by atoms with Gasteiger partial charge in [-0.1, -0.05) is 34.8 Å². The highest BCUT2D eigenvalue weighted by Gasteiger charge is 2.13. The molecular formula is C10H13Cl3N2. The van der Waals surface area contributed by atoms with Crippen LogP contribution in [-0.4, -0.2) is 6.54 Å². The fourth-order valence-electron chi connectivity index (χ4n) is 1.34. The fraction of sp³-hybridized carbons (Fsp3) is 0.400. The van der Waals surface area contributed by atoms with Gasteiger partial charge in [0.15, 0.2) is 0 Å². The molecule has 0 fully saturated rings. The van der Waals surface area contributed by atoms with Crippen molar-refractivity contribution in [1.82, 2.24) is 0 Å². The summed E-state index contributed by atoms with van der Waals surface area (Å²) in [5.41, 5.74) is 12.2. The van der Waals surface area contributed by atoms with Crippen LogP contribution >= 0.6 is 34.8 Å². The molecule has 0 aliphatic carbocycles. The highest BCUT2D eigenvalue weighted by molar-refractivity contribution is 6.43. The number of hydrogen-bond acceptors (Lipinski definition) is 2. The minimum Gasteiger partial charge on any atom is -0.330 e. The van der Waals surface area contributed by atoms with Gasteiger partial charge in [0.2, 0.25) is 0 Å². The van der Waals surface area contributed by atoms with E-state index in [0.29, 0.717) is 21.6 Å². The number of halogens is 3. The van der Waals surface area contributed by atoms with Gasteiger partial charge in [-0.05, 0) is 37.1 Å². The molecule has 0 aliphatic rings. The van der Waals surface area contributed by atoms with E-state index in [0.717, 1.165) is 18.4 Å². The molecular weight excluding hydrogens is 254 g/mol. The van der Waals surface area contributed by atoms with Crippen molar-refractivity contribution in [2.45, 2.75) is 18.9 Å². The third kappa shape index (κ3) is 3.51. The summed E-state index contributed by atoms with van der Waals surface area (Å²) in [7, 11) is 0. The topological polar surface area (TPSA) is 52.0 Å². The van der Waals surface area contributed by atoms with E-state index in [4.69, 9.17) is 46.3 Å². The van der Waals surface area contributed by atoms with Crippen molar-refractivity contribution in [3.05, 3.63) is 32.8 Å². The zero-order valence-corrected chi connectivity index (χ0v) is 10.4. The van der Waals surface area contributed by atoms with Gasteiger partial charge in [0.25, 0.3) is 0 Å². The van der Waals surface area contributed by atoms with Crippen molar-refractivity contribution < 1.29 is 0 Å². The fourth-order valence-corrected chi connectivity index (χ4v) is 2.10. The van der Waals surface area contributed by atoms with Crippen LogP contribution < -0.4 is 11.5 Å². The van der Waals surface area contributed by atoms with Crippen molar-refractivity contribution in [3.8, 4) is 0 Å². The SMILES string of the molecule is NCCC[C@H](N)c1cc(Cl)cc(Cl)c1Cl.